The van der Waals surface area contributed by atoms with Gasteiger partial charge in [-0.1, -0.05) is 24.3 Å². The zero-order valence-electron chi connectivity index (χ0n) is 18.7. The Hall–Kier alpha value is -3.06. The Labute approximate surface area is 206 Å². The molecule has 2 unspecified atom stereocenters. The lowest BCUT2D eigenvalue weighted by atomic mass is 9.67. The Bertz CT molecular complexity index is 1220. The largest absolute Gasteiger partial charge is 0.483 e. The summed E-state index contributed by atoms with van der Waals surface area (Å²) in [5.74, 6) is -0.156. The predicted octanol–water partition coefficient (Wildman–Crippen LogP) is 5.38. The maximum Gasteiger partial charge on any atom is 0.262 e. The van der Waals surface area contributed by atoms with Gasteiger partial charge in [0.15, 0.2) is 12.4 Å². The molecular formula is C27H25BrN2O4. The number of carbonyl (C=O) groups is 3. The van der Waals surface area contributed by atoms with Gasteiger partial charge in [0.25, 0.3) is 5.91 Å². The van der Waals surface area contributed by atoms with E-state index < -0.39 is 0 Å². The Balaban J connectivity index is 1.38. The molecule has 2 atom stereocenters. The fraction of sp³-hybridized carbons (Fsp3) is 0.333. The number of aliphatic imine (C=N–C) groups is 1. The minimum Gasteiger partial charge on any atom is -0.483 e. The van der Waals surface area contributed by atoms with Crippen molar-refractivity contribution in [2.45, 2.75) is 44.4 Å². The summed E-state index contributed by atoms with van der Waals surface area (Å²) in [5.41, 5.74) is 4.08. The quantitative estimate of drug-likeness (QED) is 0.573. The highest BCUT2D eigenvalue weighted by Crippen LogP contribution is 2.47. The molecule has 1 fully saturated rings. The van der Waals surface area contributed by atoms with Crippen molar-refractivity contribution in [3.63, 3.8) is 0 Å². The molecule has 1 amide bonds. The molecule has 7 heteroatoms. The number of hydrogen-bond donors (Lipinski definition) is 1. The molecule has 174 valence electrons. The van der Waals surface area contributed by atoms with Gasteiger partial charge in [-0.05, 0) is 71.4 Å². The molecule has 2 aromatic carbocycles. The number of para-hydroxylation sites is 1. The molecule has 3 aliphatic rings. The van der Waals surface area contributed by atoms with Crippen molar-refractivity contribution in [1.82, 2.24) is 0 Å². The normalized spacial score (nSPS) is 22.0. The summed E-state index contributed by atoms with van der Waals surface area (Å²) in [5, 5.41) is 2.79. The SMILES string of the molecule is O=C(COc1ccc(C2C3=C(CCCC3=O)N=C3CCCC(=O)C32)cc1Br)Nc1ccccc1. The van der Waals surface area contributed by atoms with Gasteiger partial charge in [0.2, 0.25) is 0 Å². The standard InChI is InChI=1S/C27H25BrN2O4/c28-18-14-16(12-13-23(18)34-15-24(33)29-17-6-2-1-3-7-17)25-26-19(8-4-10-21(26)31)30-20-9-5-11-22(32)27(20)25/h1-3,6-7,12-14,25-26H,4-5,8-11,15H2,(H,29,33). The molecule has 5 rings (SSSR count). The van der Waals surface area contributed by atoms with Gasteiger partial charge >= 0.3 is 0 Å². The van der Waals surface area contributed by atoms with Crippen molar-refractivity contribution in [1.29, 1.82) is 0 Å². The zero-order valence-corrected chi connectivity index (χ0v) is 20.3. The second-order valence-corrected chi connectivity index (χ2v) is 9.76. The molecule has 0 bridgehead atoms. The highest BCUT2D eigenvalue weighted by molar-refractivity contribution is 9.10. The van der Waals surface area contributed by atoms with Crippen LogP contribution in [-0.4, -0.2) is 29.8 Å². The third kappa shape index (κ3) is 4.49. The number of rotatable bonds is 5. The van der Waals surface area contributed by atoms with Gasteiger partial charge < -0.3 is 10.1 Å². The number of fused-ring (bicyclic) bond motifs is 1. The third-order valence-electron chi connectivity index (χ3n) is 6.64. The molecular weight excluding hydrogens is 496 g/mol. The molecule has 1 saturated carbocycles. The Morgan fingerprint density at radius 2 is 1.79 bits per heavy atom. The van der Waals surface area contributed by atoms with E-state index in [9.17, 15) is 14.4 Å². The topological polar surface area (TPSA) is 84.8 Å². The van der Waals surface area contributed by atoms with Gasteiger partial charge in [0.05, 0.1) is 10.4 Å². The van der Waals surface area contributed by atoms with Gasteiger partial charge in [-0.15, -0.1) is 0 Å². The number of nitrogens with zero attached hydrogens (tertiary/aromatic N) is 1. The van der Waals surface area contributed by atoms with Crippen molar-refractivity contribution in [3.8, 4) is 5.75 Å². The van der Waals surface area contributed by atoms with Crippen molar-refractivity contribution < 1.29 is 19.1 Å². The van der Waals surface area contributed by atoms with E-state index in [2.05, 4.69) is 21.2 Å². The monoisotopic (exact) mass is 520 g/mol. The second-order valence-electron chi connectivity index (χ2n) is 8.91. The summed E-state index contributed by atoms with van der Waals surface area (Å²) < 4.78 is 6.42. The third-order valence-corrected chi connectivity index (χ3v) is 7.26. The first kappa shape index (κ1) is 22.7. The number of ketones is 2. The van der Waals surface area contributed by atoms with Crippen LogP contribution >= 0.6 is 15.9 Å². The maximum absolute atomic E-state index is 13.0. The Morgan fingerprint density at radius 1 is 1.00 bits per heavy atom. The van der Waals surface area contributed by atoms with Crippen molar-refractivity contribution in [3.05, 3.63) is 69.8 Å². The van der Waals surface area contributed by atoms with Crippen molar-refractivity contribution in [2.75, 3.05) is 11.9 Å². The fourth-order valence-corrected chi connectivity index (χ4v) is 5.66. The number of allylic oxidation sites excluding steroid dienone is 2. The van der Waals surface area contributed by atoms with Crippen molar-refractivity contribution in [2.24, 2.45) is 10.9 Å². The number of benzene rings is 2. The summed E-state index contributed by atoms with van der Waals surface area (Å²) in [4.78, 5) is 43.0. The first-order valence-corrected chi connectivity index (χ1v) is 12.4. The molecule has 2 aromatic rings. The van der Waals surface area contributed by atoms with E-state index in [0.717, 1.165) is 42.7 Å². The van der Waals surface area contributed by atoms with E-state index in [1.807, 2.05) is 42.5 Å². The molecule has 2 aliphatic carbocycles. The molecule has 0 spiro atoms. The predicted molar refractivity (Wildman–Crippen MR) is 133 cm³/mol. The van der Waals surface area contributed by atoms with Crippen LogP contribution in [0.1, 0.15) is 50.0 Å². The highest BCUT2D eigenvalue weighted by Gasteiger charge is 2.44. The first-order valence-electron chi connectivity index (χ1n) is 11.6. The van der Waals surface area contributed by atoms with Gasteiger partial charge in [0, 0.05) is 41.4 Å². The average molecular weight is 521 g/mol. The summed E-state index contributed by atoms with van der Waals surface area (Å²) in [6.07, 6.45) is 4.23. The van der Waals surface area contributed by atoms with Crippen LogP contribution in [0.4, 0.5) is 5.69 Å². The summed E-state index contributed by atoms with van der Waals surface area (Å²) in [7, 11) is 0. The number of halogens is 1. The lowest BCUT2D eigenvalue weighted by molar-refractivity contribution is -0.122. The molecule has 0 radical (unpaired) electrons. The smallest absolute Gasteiger partial charge is 0.262 e. The minimum absolute atomic E-state index is 0.0986. The van der Waals surface area contributed by atoms with E-state index >= 15 is 0 Å². The summed E-state index contributed by atoms with van der Waals surface area (Å²) >= 11 is 3.56. The Morgan fingerprint density at radius 3 is 2.59 bits per heavy atom. The maximum atomic E-state index is 13.0. The molecule has 0 aromatic heterocycles. The Kier molecular flexibility index (Phi) is 6.46. The number of nitrogens with one attached hydrogen (secondary N) is 1. The van der Waals surface area contributed by atoms with E-state index in [0.29, 0.717) is 34.3 Å². The minimum atomic E-state index is -0.370. The summed E-state index contributed by atoms with van der Waals surface area (Å²) in [6.45, 7) is -0.137. The van der Waals surface area contributed by atoms with Crippen molar-refractivity contribution >= 4 is 44.8 Å². The zero-order chi connectivity index (χ0) is 23.7. The van der Waals surface area contributed by atoms with Crippen LogP contribution in [0.2, 0.25) is 0 Å². The van der Waals surface area contributed by atoms with E-state index in [-0.39, 0.29) is 35.9 Å². The van der Waals surface area contributed by atoms with Crippen LogP contribution in [0.5, 0.6) is 5.75 Å². The van der Waals surface area contributed by atoms with Crippen LogP contribution < -0.4 is 10.1 Å². The average Bonchev–Trinajstić information content (AvgIpc) is 2.83. The van der Waals surface area contributed by atoms with E-state index in [4.69, 9.17) is 9.73 Å². The number of ether oxygens (including phenoxy) is 1. The van der Waals surface area contributed by atoms with Crippen LogP contribution in [0, 0.1) is 5.92 Å². The first-order chi connectivity index (χ1) is 16.5. The van der Waals surface area contributed by atoms with Gasteiger partial charge in [-0.2, -0.15) is 0 Å². The van der Waals surface area contributed by atoms with Crippen LogP contribution in [0.15, 0.2) is 69.3 Å². The number of Topliss-reactive ketones (excluding diaryl/α,β-unsaturated/α-hetero) is 2. The fourth-order valence-electron chi connectivity index (χ4n) is 5.15. The van der Waals surface area contributed by atoms with Gasteiger partial charge in [-0.25, -0.2) is 0 Å². The molecule has 0 saturated heterocycles. The van der Waals surface area contributed by atoms with Crippen LogP contribution in [0.3, 0.4) is 0 Å². The lowest BCUT2D eigenvalue weighted by Crippen LogP contribution is -2.39. The lowest BCUT2D eigenvalue weighted by Gasteiger charge is -2.38. The molecule has 1 heterocycles. The van der Waals surface area contributed by atoms with E-state index in [1.54, 1.807) is 6.07 Å². The van der Waals surface area contributed by atoms with E-state index in [1.165, 1.54) is 0 Å². The number of carbonyl (C=O) groups excluding carboxylic acids is 3. The molecule has 34 heavy (non-hydrogen) atoms. The number of anilines is 1. The molecule has 1 aliphatic heterocycles. The van der Waals surface area contributed by atoms with Gasteiger partial charge in [-0.3, -0.25) is 19.4 Å². The van der Waals surface area contributed by atoms with Crippen LogP contribution in [0.25, 0.3) is 0 Å². The van der Waals surface area contributed by atoms with Crippen LogP contribution in [-0.2, 0) is 14.4 Å². The molecule has 1 N–H and O–H groups in total. The number of hydrogen-bond acceptors (Lipinski definition) is 5. The van der Waals surface area contributed by atoms with Gasteiger partial charge in [0.1, 0.15) is 11.5 Å². The number of amides is 1. The second kappa shape index (κ2) is 9.66. The highest BCUT2D eigenvalue weighted by atomic mass is 79.9. The molecule has 6 nitrogen and oxygen atoms in total. The summed E-state index contributed by atoms with van der Waals surface area (Å²) in [6, 6.07) is 14.8.